The molecule has 0 saturated carbocycles. The van der Waals surface area contributed by atoms with E-state index in [1.807, 2.05) is 12.1 Å². The first-order chi connectivity index (χ1) is 10.0. The van der Waals surface area contributed by atoms with Crippen LogP contribution in [-0.2, 0) is 6.42 Å². The van der Waals surface area contributed by atoms with Gasteiger partial charge in [0.15, 0.2) is 0 Å². The van der Waals surface area contributed by atoms with Gasteiger partial charge in [0.1, 0.15) is 11.5 Å². The normalized spacial score (nSPS) is 10.1. The molecule has 4 N–H and O–H groups in total. The zero-order valence-corrected chi connectivity index (χ0v) is 11.9. The molecule has 0 atom stereocenters. The van der Waals surface area contributed by atoms with Crippen molar-refractivity contribution in [2.45, 2.75) is 6.42 Å². The molecule has 0 saturated heterocycles. The summed E-state index contributed by atoms with van der Waals surface area (Å²) in [5.41, 5.74) is 1.38. The predicted octanol–water partition coefficient (Wildman–Crippen LogP) is 3.12. The van der Waals surface area contributed by atoms with Crippen LogP contribution in [0.3, 0.4) is 0 Å². The average molecular weight is 307 g/mol. The van der Waals surface area contributed by atoms with Gasteiger partial charge in [-0.25, -0.2) is 4.79 Å². The lowest BCUT2D eigenvalue weighted by Crippen LogP contribution is -2.30. The highest BCUT2D eigenvalue weighted by Gasteiger charge is 2.04. The summed E-state index contributed by atoms with van der Waals surface area (Å²) in [6.45, 7) is 0.457. The van der Waals surface area contributed by atoms with E-state index in [4.69, 9.17) is 11.6 Å². The van der Waals surface area contributed by atoms with Crippen molar-refractivity contribution in [3.05, 3.63) is 53.1 Å². The molecule has 0 aliphatic rings. The highest BCUT2D eigenvalue weighted by Crippen LogP contribution is 2.23. The summed E-state index contributed by atoms with van der Waals surface area (Å²) in [5.74, 6) is -0.238. The molecule has 0 aliphatic carbocycles. The van der Waals surface area contributed by atoms with Crippen LogP contribution in [0.4, 0.5) is 10.5 Å². The Bertz CT molecular complexity index is 609. The Hall–Kier alpha value is -2.40. The topological polar surface area (TPSA) is 81.6 Å². The second-order valence-corrected chi connectivity index (χ2v) is 4.93. The highest BCUT2D eigenvalue weighted by molar-refractivity contribution is 6.30. The fourth-order valence-electron chi connectivity index (χ4n) is 1.81. The van der Waals surface area contributed by atoms with Gasteiger partial charge < -0.3 is 20.8 Å². The monoisotopic (exact) mass is 306 g/mol. The van der Waals surface area contributed by atoms with Crippen molar-refractivity contribution in [1.29, 1.82) is 0 Å². The molecule has 0 heterocycles. The number of carbonyl (C=O) groups is 1. The minimum atomic E-state index is -0.408. The van der Waals surface area contributed by atoms with Crippen LogP contribution in [0.25, 0.3) is 0 Å². The maximum Gasteiger partial charge on any atom is 0.319 e. The maximum absolute atomic E-state index is 11.7. The van der Waals surface area contributed by atoms with Gasteiger partial charge in [-0.05, 0) is 24.1 Å². The second-order valence-electron chi connectivity index (χ2n) is 4.50. The minimum Gasteiger partial charge on any atom is -0.508 e. The SMILES string of the molecule is O=C(NCCc1ccc(Cl)cc1)Nc1cc(O)cc(O)c1. The zero-order chi connectivity index (χ0) is 15.2. The zero-order valence-electron chi connectivity index (χ0n) is 11.1. The van der Waals surface area contributed by atoms with E-state index in [1.54, 1.807) is 12.1 Å². The lowest BCUT2D eigenvalue weighted by atomic mass is 10.1. The van der Waals surface area contributed by atoms with E-state index in [2.05, 4.69) is 10.6 Å². The number of anilines is 1. The average Bonchev–Trinajstić information content (AvgIpc) is 2.39. The molecule has 110 valence electrons. The van der Waals surface area contributed by atoms with Gasteiger partial charge in [-0.15, -0.1) is 0 Å². The van der Waals surface area contributed by atoms with Gasteiger partial charge in [0.05, 0.1) is 0 Å². The molecule has 2 amide bonds. The molecule has 2 aromatic rings. The smallest absolute Gasteiger partial charge is 0.319 e. The Balaban J connectivity index is 1.80. The summed E-state index contributed by atoms with van der Waals surface area (Å²) >= 11 is 5.79. The van der Waals surface area contributed by atoms with Crippen molar-refractivity contribution in [1.82, 2.24) is 5.32 Å². The van der Waals surface area contributed by atoms with Gasteiger partial charge in [0.25, 0.3) is 0 Å². The van der Waals surface area contributed by atoms with Crippen LogP contribution in [0.5, 0.6) is 11.5 Å². The second kappa shape index (κ2) is 6.85. The molecule has 0 bridgehead atoms. The quantitative estimate of drug-likeness (QED) is 0.700. The first kappa shape index (κ1) is 15.0. The van der Waals surface area contributed by atoms with E-state index in [-0.39, 0.29) is 11.5 Å². The van der Waals surface area contributed by atoms with E-state index in [1.165, 1.54) is 18.2 Å². The molecule has 5 nitrogen and oxygen atoms in total. The number of phenolic OH excluding ortho intramolecular Hbond substituents is 2. The summed E-state index contributed by atoms with van der Waals surface area (Å²) in [7, 11) is 0. The van der Waals surface area contributed by atoms with E-state index >= 15 is 0 Å². The Labute approximate surface area is 127 Å². The van der Waals surface area contributed by atoms with E-state index in [0.29, 0.717) is 23.7 Å². The van der Waals surface area contributed by atoms with Crippen molar-refractivity contribution in [2.75, 3.05) is 11.9 Å². The first-order valence-corrected chi connectivity index (χ1v) is 6.73. The first-order valence-electron chi connectivity index (χ1n) is 6.35. The fourth-order valence-corrected chi connectivity index (χ4v) is 1.94. The Morgan fingerprint density at radius 3 is 2.29 bits per heavy atom. The van der Waals surface area contributed by atoms with Crippen molar-refractivity contribution < 1.29 is 15.0 Å². The van der Waals surface area contributed by atoms with Crippen LogP contribution in [0, 0.1) is 0 Å². The van der Waals surface area contributed by atoms with Gasteiger partial charge in [0, 0.05) is 35.5 Å². The number of amides is 2. The standard InChI is InChI=1S/C15H15ClN2O3/c16-11-3-1-10(2-4-11)5-6-17-15(21)18-12-7-13(19)9-14(20)8-12/h1-4,7-9,19-20H,5-6H2,(H2,17,18,21). The molecule has 2 aromatic carbocycles. The maximum atomic E-state index is 11.7. The van der Waals surface area contributed by atoms with Crippen molar-refractivity contribution in [3.63, 3.8) is 0 Å². The van der Waals surface area contributed by atoms with Crippen molar-refractivity contribution in [3.8, 4) is 11.5 Å². The van der Waals surface area contributed by atoms with Gasteiger partial charge in [-0.2, -0.15) is 0 Å². The summed E-state index contributed by atoms with van der Waals surface area (Å²) in [4.78, 5) is 11.7. The van der Waals surface area contributed by atoms with Crippen molar-refractivity contribution in [2.24, 2.45) is 0 Å². The molecule has 21 heavy (non-hydrogen) atoms. The molecule has 0 radical (unpaired) electrons. The van der Waals surface area contributed by atoms with E-state index in [9.17, 15) is 15.0 Å². The third kappa shape index (κ3) is 4.89. The van der Waals surface area contributed by atoms with Crippen LogP contribution < -0.4 is 10.6 Å². The van der Waals surface area contributed by atoms with Gasteiger partial charge in [0.2, 0.25) is 0 Å². The Morgan fingerprint density at radius 1 is 1.05 bits per heavy atom. The molecular formula is C15H15ClN2O3. The molecular weight excluding hydrogens is 292 g/mol. The highest BCUT2D eigenvalue weighted by atomic mass is 35.5. The molecule has 0 fully saturated rings. The van der Waals surface area contributed by atoms with Gasteiger partial charge in [-0.3, -0.25) is 0 Å². The lowest BCUT2D eigenvalue weighted by Gasteiger charge is -2.08. The number of hydrogen-bond acceptors (Lipinski definition) is 3. The third-order valence-electron chi connectivity index (χ3n) is 2.77. The number of benzene rings is 2. The largest absolute Gasteiger partial charge is 0.508 e. The summed E-state index contributed by atoms with van der Waals surface area (Å²) in [6.07, 6.45) is 0.676. The van der Waals surface area contributed by atoms with Crippen LogP contribution in [0.1, 0.15) is 5.56 Å². The number of urea groups is 1. The van der Waals surface area contributed by atoms with Gasteiger partial charge in [-0.1, -0.05) is 23.7 Å². The van der Waals surface area contributed by atoms with Crippen LogP contribution in [0.15, 0.2) is 42.5 Å². The summed E-state index contributed by atoms with van der Waals surface area (Å²) < 4.78 is 0. The Morgan fingerprint density at radius 2 is 1.67 bits per heavy atom. The number of carbonyl (C=O) groups excluding carboxylic acids is 1. The molecule has 6 heteroatoms. The van der Waals surface area contributed by atoms with Crippen molar-refractivity contribution >= 4 is 23.3 Å². The van der Waals surface area contributed by atoms with E-state index < -0.39 is 6.03 Å². The van der Waals surface area contributed by atoms with Gasteiger partial charge >= 0.3 is 6.03 Å². The molecule has 0 spiro atoms. The molecule has 0 unspecified atom stereocenters. The minimum absolute atomic E-state index is 0.119. The third-order valence-corrected chi connectivity index (χ3v) is 3.02. The number of aromatic hydroxyl groups is 2. The fraction of sp³-hybridized carbons (Fsp3) is 0.133. The number of phenols is 2. The summed E-state index contributed by atoms with van der Waals surface area (Å²) in [5, 5.41) is 24.5. The number of halogens is 1. The number of rotatable bonds is 4. The molecule has 2 rings (SSSR count). The molecule has 0 aliphatic heterocycles. The summed E-state index contributed by atoms with van der Waals surface area (Å²) in [6, 6.07) is 10.9. The van der Waals surface area contributed by atoms with Crippen LogP contribution in [0.2, 0.25) is 5.02 Å². The Kier molecular flexibility index (Phi) is 4.90. The van der Waals surface area contributed by atoms with E-state index in [0.717, 1.165) is 5.56 Å². The molecule has 0 aromatic heterocycles. The number of hydrogen-bond donors (Lipinski definition) is 4. The predicted molar refractivity (Wildman–Crippen MR) is 81.9 cm³/mol. The lowest BCUT2D eigenvalue weighted by molar-refractivity contribution is 0.252. The van der Waals surface area contributed by atoms with Crippen LogP contribution in [-0.4, -0.2) is 22.8 Å². The van der Waals surface area contributed by atoms with Crippen LogP contribution >= 0.6 is 11.6 Å². The number of nitrogens with one attached hydrogen (secondary N) is 2.